The predicted molar refractivity (Wildman–Crippen MR) is 339 cm³/mol. The van der Waals surface area contributed by atoms with E-state index in [0.29, 0.717) is 19.3 Å². The molecule has 0 N–H and O–H groups in total. The van der Waals surface area contributed by atoms with Gasteiger partial charge >= 0.3 is 17.9 Å². The summed E-state index contributed by atoms with van der Waals surface area (Å²) in [7, 11) is 0. The molecule has 0 spiro atoms. The van der Waals surface area contributed by atoms with Crippen LogP contribution in [-0.4, -0.2) is 37.2 Å². The van der Waals surface area contributed by atoms with Gasteiger partial charge in [0, 0.05) is 19.3 Å². The fraction of sp³-hybridized carbons (Fsp3) is 0.764. The zero-order valence-electron chi connectivity index (χ0n) is 51.7. The van der Waals surface area contributed by atoms with Crippen molar-refractivity contribution in [3.05, 3.63) is 85.1 Å². The van der Waals surface area contributed by atoms with Gasteiger partial charge in [0.2, 0.25) is 0 Å². The number of carbonyl (C=O) groups is 3. The van der Waals surface area contributed by atoms with E-state index in [1.165, 1.54) is 193 Å². The Labute approximate surface area is 484 Å². The average molecular weight is 1090 g/mol. The SMILES string of the molecule is CC/C=C\C/C=C\C/C=C\C/C=C\C/C=C\C/C=C\C/C=C\CCCCCCCCCCCCCC(=O)OCC(COC(=O)CCCCCCCCCCC)OC(=O)CCCCCCCCCCCCCCCCCCCC. The van der Waals surface area contributed by atoms with Crippen molar-refractivity contribution >= 4 is 17.9 Å². The minimum atomic E-state index is -0.773. The fourth-order valence-corrected chi connectivity index (χ4v) is 9.66. The maximum atomic E-state index is 12.9. The van der Waals surface area contributed by atoms with E-state index in [4.69, 9.17) is 14.2 Å². The second kappa shape index (κ2) is 66.1. The molecule has 0 aromatic carbocycles. The number of unbranched alkanes of at least 4 members (excludes halogenated alkanes) is 36. The van der Waals surface area contributed by atoms with E-state index in [9.17, 15) is 14.4 Å². The highest BCUT2D eigenvalue weighted by molar-refractivity contribution is 5.71. The van der Waals surface area contributed by atoms with Gasteiger partial charge in [-0.15, -0.1) is 0 Å². The van der Waals surface area contributed by atoms with Gasteiger partial charge in [-0.25, -0.2) is 0 Å². The molecule has 6 nitrogen and oxygen atoms in total. The van der Waals surface area contributed by atoms with Gasteiger partial charge in [-0.05, 0) is 77.0 Å². The summed E-state index contributed by atoms with van der Waals surface area (Å²) in [5, 5.41) is 0. The van der Waals surface area contributed by atoms with Crippen molar-refractivity contribution in [2.45, 2.75) is 341 Å². The number of ether oxygens (including phenoxy) is 3. The summed E-state index contributed by atoms with van der Waals surface area (Å²) >= 11 is 0. The molecule has 6 heteroatoms. The van der Waals surface area contributed by atoms with Crippen molar-refractivity contribution in [1.29, 1.82) is 0 Å². The highest BCUT2D eigenvalue weighted by atomic mass is 16.6. The molecule has 1 unspecified atom stereocenters. The van der Waals surface area contributed by atoms with Gasteiger partial charge in [-0.1, -0.05) is 324 Å². The van der Waals surface area contributed by atoms with Crippen LogP contribution >= 0.6 is 0 Å². The Morgan fingerprint density at radius 1 is 0.269 bits per heavy atom. The van der Waals surface area contributed by atoms with E-state index < -0.39 is 6.10 Å². The van der Waals surface area contributed by atoms with E-state index in [1.807, 2.05) is 0 Å². The lowest BCUT2D eigenvalue weighted by atomic mass is 10.0. The number of esters is 3. The Balaban J connectivity index is 4.13. The van der Waals surface area contributed by atoms with Crippen molar-refractivity contribution < 1.29 is 28.6 Å². The first kappa shape index (κ1) is 74.6. The normalized spacial score (nSPS) is 12.6. The molecule has 0 aliphatic heterocycles. The van der Waals surface area contributed by atoms with Crippen molar-refractivity contribution in [3.8, 4) is 0 Å². The quantitative estimate of drug-likeness (QED) is 0.0261. The molecule has 78 heavy (non-hydrogen) atoms. The van der Waals surface area contributed by atoms with E-state index in [1.54, 1.807) is 0 Å². The van der Waals surface area contributed by atoms with Gasteiger partial charge in [0.15, 0.2) is 6.10 Å². The number of hydrogen-bond acceptors (Lipinski definition) is 6. The Morgan fingerprint density at radius 3 is 0.782 bits per heavy atom. The van der Waals surface area contributed by atoms with Crippen LogP contribution in [-0.2, 0) is 28.6 Å². The van der Waals surface area contributed by atoms with E-state index in [-0.39, 0.29) is 31.1 Å². The first-order chi connectivity index (χ1) is 38.5. The summed E-state index contributed by atoms with van der Waals surface area (Å²) in [6, 6.07) is 0. The van der Waals surface area contributed by atoms with E-state index >= 15 is 0 Å². The summed E-state index contributed by atoms with van der Waals surface area (Å²) in [5.41, 5.74) is 0. The lowest BCUT2D eigenvalue weighted by Gasteiger charge is -2.18. The molecule has 450 valence electrons. The van der Waals surface area contributed by atoms with Crippen LogP contribution in [0.1, 0.15) is 335 Å². The second-order valence-electron chi connectivity index (χ2n) is 22.4. The Morgan fingerprint density at radius 2 is 0.500 bits per heavy atom. The first-order valence-electron chi connectivity index (χ1n) is 33.6. The molecular weight excluding hydrogens is 961 g/mol. The first-order valence-corrected chi connectivity index (χ1v) is 33.6. The fourth-order valence-electron chi connectivity index (χ4n) is 9.66. The standard InChI is InChI=1S/C72H126O6/c1-4-7-10-13-16-19-21-23-25-27-29-30-31-32-33-34-35-36-37-38-39-40-41-42-43-45-46-48-50-53-56-59-62-65-71(74)77-68-69(67-76-70(73)64-61-58-55-52-18-15-12-9-6-3)78-72(75)66-63-60-57-54-51-49-47-44-28-26-24-22-20-17-14-11-8-5-2/h7,10,16,19,23,25,29-30,32-33,35-36,38-39,69H,4-6,8-9,11-15,17-18,20-22,24,26-28,31,34,37,40-68H2,1-3H3/b10-7-,19-16-,25-23-,30-29-,33-32-,36-35-,39-38-. The largest absolute Gasteiger partial charge is 0.462 e. The van der Waals surface area contributed by atoms with Crippen LogP contribution in [0.25, 0.3) is 0 Å². The van der Waals surface area contributed by atoms with Gasteiger partial charge in [0.05, 0.1) is 0 Å². The second-order valence-corrected chi connectivity index (χ2v) is 22.4. The molecule has 0 bridgehead atoms. The van der Waals surface area contributed by atoms with Crippen molar-refractivity contribution in [2.24, 2.45) is 0 Å². The van der Waals surface area contributed by atoms with E-state index in [2.05, 4.69) is 106 Å². The van der Waals surface area contributed by atoms with Crippen LogP contribution in [0, 0.1) is 0 Å². The lowest BCUT2D eigenvalue weighted by molar-refractivity contribution is -0.167. The van der Waals surface area contributed by atoms with Crippen molar-refractivity contribution in [1.82, 2.24) is 0 Å². The minimum absolute atomic E-state index is 0.0714. The maximum absolute atomic E-state index is 12.9. The summed E-state index contributed by atoms with van der Waals surface area (Å²) in [4.78, 5) is 38.2. The molecule has 0 fully saturated rings. The van der Waals surface area contributed by atoms with Crippen LogP contribution < -0.4 is 0 Å². The molecule has 0 amide bonds. The Kier molecular flexibility index (Phi) is 63.2. The summed E-state index contributed by atoms with van der Waals surface area (Å²) in [5.74, 6) is -0.860. The summed E-state index contributed by atoms with van der Waals surface area (Å²) < 4.78 is 16.9. The van der Waals surface area contributed by atoms with E-state index in [0.717, 1.165) is 103 Å². The molecule has 0 aliphatic carbocycles. The van der Waals surface area contributed by atoms with Gasteiger partial charge in [-0.3, -0.25) is 14.4 Å². The molecule has 0 saturated heterocycles. The third-order valence-electron chi connectivity index (χ3n) is 14.7. The van der Waals surface area contributed by atoms with Crippen LogP contribution in [0.15, 0.2) is 85.1 Å². The summed E-state index contributed by atoms with van der Waals surface area (Å²) in [6.45, 7) is 6.55. The van der Waals surface area contributed by atoms with Gasteiger partial charge in [0.1, 0.15) is 13.2 Å². The Bertz CT molecular complexity index is 1480. The molecule has 0 rings (SSSR count). The van der Waals surface area contributed by atoms with Gasteiger partial charge in [0.25, 0.3) is 0 Å². The molecule has 0 saturated carbocycles. The van der Waals surface area contributed by atoms with Crippen LogP contribution in [0.5, 0.6) is 0 Å². The molecule has 0 aliphatic rings. The smallest absolute Gasteiger partial charge is 0.306 e. The minimum Gasteiger partial charge on any atom is -0.462 e. The zero-order chi connectivity index (χ0) is 56.4. The number of carbonyl (C=O) groups excluding carboxylic acids is 3. The third-order valence-corrected chi connectivity index (χ3v) is 14.7. The Hall–Kier alpha value is -3.41. The van der Waals surface area contributed by atoms with Gasteiger partial charge < -0.3 is 14.2 Å². The van der Waals surface area contributed by atoms with Crippen LogP contribution in [0.2, 0.25) is 0 Å². The van der Waals surface area contributed by atoms with Gasteiger partial charge in [-0.2, -0.15) is 0 Å². The number of rotatable bonds is 61. The molecule has 0 aromatic heterocycles. The average Bonchev–Trinajstić information content (AvgIpc) is 3.44. The number of allylic oxidation sites excluding steroid dienone is 14. The molecule has 0 aromatic rings. The maximum Gasteiger partial charge on any atom is 0.306 e. The molecule has 1 atom stereocenters. The third kappa shape index (κ3) is 63.4. The molecule has 0 radical (unpaired) electrons. The molecule has 0 heterocycles. The van der Waals surface area contributed by atoms with Crippen LogP contribution in [0.3, 0.4) is 0 Å². The zero-order valence-corrected chi connectivity index (χ0v) is 51.7. The molecular formula is C72H126O6. The highest BCUT2D eigenvalue weighted by Gasteiger charge is 2.19. The number of hydrogen-bond donors (Lipinski definition) is 0. The van der Waals surface area contributed by atoms with Crippen LogP contribution in [0.4, 0.5) is 0 Å². The highest BCUT2D eigenvalue weighted by Crippen LogP contribution is 2.17. The van der Waals surface area contributed by atoms with Crippen molar-refractivity contribution in [3.63, 3.8) is 0 Å². The monoisotopic (exact) mass is 1090 g/mol. The predicted octanol–water partition coefficient (Wildman–Crippen LogP) is 23.1. The summed E-state index contributed by atoms with van der Waals surface area (Å²) in [6.07, 6.45) is 87.5. The topological polar surface area (TPSA) is 78.9 Å². The lowest BCUT2D eigenvalue weighted by Crippen LogP contribution is -2.30. The van der Waals surface area contributed by atoms with Crippen molar-refractivity contribution in [2.75, 3.05) is 13.2 Å².